The van der Waals surface area contributed by atoms with Gasteiger partial charge in [0.2, 0.25) is 5.91 Å². The predicted molar refractivity (Wildman–Crippen MR) is 53.6 cm³/mol. The van der Waals surface area contributed by atoms with Gasteiger partial charge in [-0.1, -0.05) is 13.8 Å². The van der Waals surface area contributed by atoms with Crippen LogP contribution in [-0.2, 0) is 9.53 Å². The van der Waals surface area contributed by atoms with Gasteiger partial charge in [-0.05, 0) is 26.2 Å². The predicted octanol–water partition coefficient (Wildman–Crippen LogP) is 1.57. The van der Waals surface area contributed by atoms with Crippen molar-refractivity contribution in [1.29, 1.82) is 0 Å². The molecule has 0 saturated carbocycles. The third kappa shape index (κ3) is 7.78. The average Bonchev–Trinajstić information content (AvgIpc) is 1.98. The molecule has 1 amide bonds. The molecule has 0 aromatic rings. The standard InChI is InChI=1S/C10H21NO2/c1-5-13-7-10(12)11-9(4)6-8(2)3/h8-9H,5-7H2,1-4H3,(H,11,12). The highest BCUT2D eigenvalue weighted by Crippen LogP contribution is 2.03. The molecule has 0 radical (unpaired) electrons. The van der Waals surface area contributed by atoms with Gasteiger partial charge in [-0.2, -0.15) is 0 Å². The molecule has 13 heavy (non-hydrogen) atoms. The summed E-state index contributed by atoms with van der Waals surface area (Å²) < 4.78 is 4.99. The second-order valence-electron chi connectivity index (χ2n) is 3.74. The van der Waals surface area contributed by atoms with Crippen LogP contribution in [-0.4, -0.2) is 25.2 Å². The molecule has 0 rings (SSSR count). The lowest BCUT2D eigenvalue weighted by Crippen LogP contribution is -2.36. The molecule has 3 heteroatoms. The Labute approximate surface area is 80.8 Å². The number of ether oxygens (including phenoxy) is 1. The molecule has 0 aliphatic carbocycles. The van der Waals surface area contributed by atoms with Crippen molar-refractivity contribution in [3.63, 3.8) is 0 Å². The molecule has 0 bridgehead atoms. The van der Waals surface area contributed by atoms with E-state index in [1.807, 2.05) is 13.8 Å². The van der Waals surface area contributed by atoms with Gasteiger partial charge in [0.25, 0.3) is 0 Å². The lowest BCUT2D eigenvalue weighted by molar-refractivity contribution is -0.126. The Bertz CT molecular complexity index is 146. The van der Waals surface area contributed by atoms with Crippen LogP contribution in [0.3, 0.4) is 0 Å². The molecule has 78 valence electrons. The van der Waals surface area contributed by atoms with Gasteiger partial charge < -0.3 is 10.1 Å². The van der Waals surface area contributed by atoms with Crippen LogP contribution in [0, 0.1) is 5.92 Å². The van der Waals surface area contributed by atoms with Crippen LogP contribution in [0.5, 0.6) is 0 Å². The van der Waals surface area contributed by atoms with Gasteiger partial charge in [0.05, 0.1) is 0 Å². The van der Waals surface area contributed by atoms with Crippen molar-refractivity contribution in [2.24, 2.45) is 5.92 Å². The molecule has 1 N–H and O–H groups in total. The summed E-state index contributed by atoms with van der Waals surface area (Å²) in [5.41, 5.74) is 0. The molecule has 1 atom stereocenters. The molecule has 0 aromatic carbocycles. The van der Waals surface area contributed by atoms with E-state index in [0.29, 0.717) is 12.5 Å². The first-order chi connectivity index (χ1) is 6.06. The first-order valence-electron chi connectivity index (χ1n) is 4.93. The van der Waals surface area contributed by atoms with Gasteiger partial charge in [0, 0.05) is 12.6 Å². The summed E-state index contributed by atoms with van der Waals surface area (Å²) in [5, 5.41) is 2.88. The highest BCUT2D eigenvalue weighted by molar-refractivity contribution is 5.77. The summed E-state index contributed by atoms with van der Waals surface area (Å²) in [5.74, 6) is 0.595. The maximum absolute atomic E-state index is 11.2. The largest absolute Gasteiger partial charge is 0.372 e. The molecule has 3 nitrogen and oxygen atoms in total. The molecule has 0 aromatic heterocycles. The van der Waals surface area contributed by atoms with Gasteiger partial charge in [-0.15, -0.1) is 0 Å². The zero-order valence-electron chi connectivity index (χ0n) is 9.09. The monoisotopic (exact) mass is 187 g/mol. The minimum Gasteiger partial charge on any atom is -0.372 e. The fourth-order valence-corrected chi connectivity index (χ4v) is 1.28. The minimum absolute atomic E-state index is 0.0185. The van der Waals surface area contributed by atoms with E-state index in [1.165, 1.54) is 0 Å². The lowest BCUT2D eigenvalue weighted by Gasteiger charge is -2.15. The first kappa shape index (κ1) is 12.4. The summed E-state index contributed by atoms with van der Waals surface area (Å²) in [7, 11) is 0. The molecule has 0 spiro atoms. The maximum Gasteiger partial charge on any atom is 0.246 e. The Morgan fingerprint density at radius 1 is 1.38 bits per heavy atom. The van der Waals surface area contributed by atoms with Crippen molar-refractivity contribution in [3.8, 4) is 0 Å². The van der Waals surface area contributed by atoms with E-state index in [4.69, 9.17) is 4.74 Å². The topological polar surface area (TPSA) is 38.3 Å². The van der Waals surface area contributed by atoms with E-state index in [9.17, 15) is 4.79 Å². The quantitative estimate of drug-likeness (QED) is 0.685. The van der Waals surface area contributed by atoms with Crippen LogP contribution in [0.1, 0.15) is 34.1 Å². The molecule has 0 heterocycles. The highest BCUT2D eigenvalue weighted by atomic mass is 16.5. The minimum atomic E-state index is -0.0185. The molecule has 0 aliphatic heterocycles. The molecule has 1 unspecified atom stereocenters. The van der Waals surface area contributed by atoms with Gasteiger partial charge in [0.1, 0.15) is 6.61 Å². The smallest absolute Gasteiger partial charge is 0.246 e. The number of rotatable bonds is 6. The van der Waals surface area contributed by atoms with E-state index in [2.05, 4.69) is 19.2 Å². The van der Waals surface area contributed by atoms with Gasteiger partial charge in [-0.3, -0.25) is 4.79 Å². The lowest BCUT2D eigenvalue weighted by atomic mass is 10.1. The van der Waals surface area contributed by atoms with Crippen molar-refractivity contribution in [1.82, 2.24) is 5.32 Å². The molecule has 0 aliphatic rings. The number of hydrogen-bond donors (Lipinski definition) is 1. The molecule has 0 fully saturated rings. The van der Waals surface area contributed by atoms with Gasteiger partial charge in [-0.25, -0.2) is 0 Å². The third-order valence-electron chi connectivity index (χ3n) is 1.67. The van der Waals surface area contributed by atoms with Crippen molar-refractivity contribution >= 4 is 5.91 Å². The van der Waals surface area contributed by atoms with Crippen molar-refractivity contribution in [3.05, 3.63) is 0 Å². The van der Waals surface area contributed by atoms with Crippen LogP contribution in [0.4, 0.5) is 0 Å². The number of amides is 1. The fraction of sp³-hybridized carbons (Fsp3) is 0.900. The summed E-state index contributed by atoms with van der Waals surface area (Å²) in [6, 6.07) is 0.243. The van der Waals surface area contributed by atoms with Gasteiger partial charge >= 0.3 is 0 Å². The second kappa shape index (κ2) is 6.89. The van der Waals surface area contributed by atoms with E-state index in [0.717, 1.165) is 6.42 Å². The maximum atomic E-state index is 11.2. The zero-order chi connectivity index (χ0) is 10.3. The summed E-state index contributed by atoms with van der Waals surface area (Å²) in [6.45, 7) is 8.95. The summed E-state index contributed by atoms with van der Waals surface area (Å²) in [4.78, 5) is 11.2. The van der Waals surface area contributed by atoms with E-state index in [-0.39, 0.29) is 18.6 Å². The first-order valence-corrected chi connectivity index (χ1v) is 4.93. The number of carbonyl (C=O) groups excluding carboxylic acids is 1. The van der Waals surface area contributed by atoms with E-state index < -0.39 is 0 Å². The van der Waals surface area contributed by atoms with E-state index >= 15 is 0 Å². The third-order valence-corrected chi connectivity index (χ3v) is 1.67. The van der Waals surface area contributed by atoms with Crippen molar-refractivity contribution in [2.45, 2.75) is 40.2 Å². The number of hydrogen-bond acceptors (Lipinski definition) is 2. The van der Waals surface area contributed by atoms with Crippen LogP contribution in [0.2, 0.25) is 0 Å². The Balaban J connectivity index is 3.53. The van der Waals surface area contributed by atoms with Crippen molar-refractivity contribution < 1.29 is 9.53 Å². The Morgan fingerprint density at radius 3 is 2.46 bits per heavy atom. The fourth-order valence-electron chi connectivity index (χ4n) is 1.28. The number of nitrogens with one attached hydrogen (secondary N) is 1. The Hall–Kier alpha value is -0.570. The SMILES string of the molecule is CCOCC(=O)NC(C)CC(C)C. The average molecular weight is 187 g/mol. The van der Waals surface area contributed by atoms with Gasteiger partial charge in [0.15, 0.2) is 0 Å². The van der Waals surface area contributed by atoms with Crippen LogP contribution in [0.15, 0.2) is 0 Å². The molecular weight excluding hydrogens is 166 g/mol. The Morgan fingerprint density at radius 2 is 2.00 bits per heavy atom. The molecular formula is C10H21NO2. The normalized spacial score (nSPS) is 13.0. The van der Waals surface area contributed by atoms with E-state index in [1.54, 1.807) is 0 Å². The molecule has 0 saturated heterocycles. The van der Waals surface area contributed by atoms with Crippen LogP contribution in [0.25, 0.3) is 0 Å². The highest BCUT2D eigenvalue weighted by Gasteiger charge is 2.08. The Kier molecular flexibility index (Phi) is 6.59. The second-order valence-corrected chi connectivity index (χ2v) is 3.74. The van der Waals surface area contributed by atoms with Crippen molar-refractivity contribution in [2.75, 3.05) is 13.2 Å². The number of carbonyl (C=O) groups is 1. The summed E-state index contributed by atoms with van der Waals surface area (Å²) in [6.07, 6.45) is 1.01. The summed E-state index contributed by atoms with van der Waals surface area (Å²) >= 11 is 0. The van der Waals surface area contributed by atoms with Crippen LogP contribution >= 0.6 is 0 Å². The van der Waals surface area contributed by atoms with Crippen LogP contribution < -0.4 is 5.32 Å². The zero-order valence-corrected chi connectivity index (χ0v) is 9.09.